The van der Waals surface area contributed by atoms with E-state index >= 15 is 0 Å². The van der Waals surface area contributed by atoms with Crippen LogP contribution < -0.4 is 9.47 Å². The van der Waals surface area contributed by atoms with Gasteiger partial charge in [-0.3, -0.25) is 0 Å². The second-order valence-corrected chi connectivity index (χ2v) is 20.7. The molecule has 0 spiro atoms. The predicted octanol–water partition coefficient (Wildman–Crippen LogP) is 16.5. The van der Waals surface area contributed by atoms with E-state index in [2.05, 4.69) is 96.7 Å². The normalized spacial score (nSPS) is 18.6. The Morgan fingerprint density at radius 1 is 0.530 bits per heavy atom. The number of hydrogen-bond acceptors (Lipinski definition) is 4. The number of phenols is 2. The molecule has 344 valence electrons. The van der Waals surface area contributed by atoms with Crippen molar-refractivity contribution >= 4 is 5.57 Å². The summed E-state index contributed by atoms with van der Waals surface area (Å²) >= 11 is 0. The summed E-state index contributed by atoms with van der Waals surface area (Å²) in [7, 11) is 0. The van der Waals surface area contributed by atoms with Crippen molar-refractivity contribution in [3.05, 3.63) is 147 Å². The molecule has 4 nitrogen and oxygen atoms in total. The first-order valence-electron chi connectivity index (χ1n) is 25.4. The largest absolute Gasteiger partial charge is 0.507 e. The van der Waals surface area contributed by atoms with Crippen molar-refractivity contribution in [1.29, 1.82) is 0 Å². The molecule has 0 aromatic heterocycles. The van der Waals surface area contributed by atoms with Gasteiger partial charge in [0.05, 0.1) is 0 Å². The van der Waals surface area contributed by atoms with Crippen molar-refractivity contribution in [3.8, 4) is 56.4 Å². The number of ether oxygens (including phenoxy) is 2. The topological polar surface area (TPSA) is 58.9 Å². The molecule has 0 radical (unpaired) electrons. The molecular formula is C62H72O4. The number of benzene rings is 5. The third-order valence-electron chi connectivity index (χ3n) is 15.8. The van der Waals surface area contributed by atoms with Crippen molar-refractivity contribution in [2.24, 2.45) is 5.41 Å². The summed E-state index contributed by atoms with van der Waals surface area (Å²) in [6.45, 7) is 17.6. The van der Waals surface area contributed by atoms with Gasteiger partial charge in [0, 0.05) is 38.8 Å². The standard InChI is InChI=1S/C62H72O4/c1-39-34-52(60(63)54(36-39)58-41(3)22-10-8-9-11-23-44-24-12-15-27-47(44)58)50-30-18-20-32-56(50)65-42(4)62(6,7)43(5)66-57-33-21-19-31-51(57)53-35-40(2)37-55(61(53)64)59-48-28-16-13-25-45(48)38-46-26-14-17-29-49(46)59/h18-21,23,30-38,42-43,63-64H,3,8-17,22,24-29H2,1-2,4-7H3/b44-23-,58-47?/t42?,43-/m0/s1. The minimum Gasteiger partial charge on any atom is -0.507 e. The second kappa shape index (κ2) is 19.4. The number of para-hydroxylation sites is 2. The lowest BCUT2D eigenvalue weighted by Crippen LogP contribution is -2.43. The molecule has 0 bridgehead atoms. The molecule has 0 saturated heterocycles. The van der Waals surface area contributed by atoms with Gasteiger partial charge in [-0.05, 0) is 228 Å². The van der Waals surface area contributed by atoms with Gasteiger partial charge < -0.3 is 19.7 Å². The van der Waals surface area contributed by atoms with Crippen LogP contribution in [0, 0.1) is 19.3 Å². The lowest BCUT2D eigenvalue weighted by Gasteiger charge is -2.38. The Balaban J connectivity index is 1.02. The molecule has 0 heterocycles. The van der Waals surface area contributed by atoms with Crippen LogP contribution in [0.4, 0.5) is 0 Å². The minimum atomic E-state index is -0.466. The van der Waals surface area contributed by atoms with E-state index in [4.69, 9.17) is 9.47 Å². The van der Waals surface area contributed by atoms with Gasteiger partial charge in [0.1, 0.15) is 35.2 Å². The molecular weight excluding hydrogens is 809 g/mol. The van der Waals surface area contributed by atoms with Gasteiger partial charge in [-0.2, -0.15) is 0 Å². The van der Waals surface area contributed by atoms with Crippen molar-refractivity contribution in [3.63, 3.8) is 0 Å². The van der Waals surface area contributed by atoms with Gasteiger partial charge in [0.2, 0.25) is 0 Å². The van der Waals surface area contributed by atoms with Crippen molar-refractivity contribution in [2.75, 3.05) is 0 Å². The maximum absolute atomic E-state index is 12.4. The van der Waals surface area contributed by atoms with Crippen LogP contribution in [0.15, 0.2) is 108 Å². The SMILES string of the molecule is C=C1CCCCC/C=C2/CCCCC2=C1c1cc(C)cc(-c2ccccc2OC(C)C(C)(C)[C@H](C)Oc2ccccc2-c2cc(C)cc(-c3c4c(cc5c3CCCC5)CCCC4)c2O)c1O. The maximum Gasteiger partial charge on any atom is 0.131 e. The summed E-state index contributed by atoms with van der Waals surface area (Å²) in [6.07, 6.45) is 21.2. The molecule has 1 fully saturated rings. The first-order chi connectivity index (χ1) is 31.9. The Kier molecular flexibility index (Phi) is 13.4. The van der Waals surface area contributed by atoms with Crippen LogP contribution in [0.5, 0.6) is 23.0 Å². The third-order valence-corrected chi connectivity index (χ3v) is 15.8. The molecule has 5 aromatic carbocycles. The Morgan fingerprint density at radius 3 is 1.62 bits per heavy atom. The lowest BCUT2D eigenvalue weighted by atomic mass is 9.76. The van der Waals surface area contributed by atoms with Crippen LogP contribution in [0.1, 0.15) is 150 Å². The van der Waals surface area contributed by atoms with E-state index in [1.807, 2.05) is 36.4 Å². The number of hydrogen-bond donors (Lipinski definition) is 2. The second-order valence-electron chi connectivity index (χ2n) is 20.7. The van der Waals surface area contributed by atoms with Crippen LogP contribution in [0.2, 0.25) is 0 Å². The summed E-state index contributed by atoms with van der Waals surface area (Å²) in [6, 6.07) is 27.4. The van der Waals surface area contributed by atoms with Crippen molar-refractivity contribution < 1.29 is 19.7 Å². The molecule has 2 atom stereocenters. The lowest BCUT2D eigenvalue weighted by molar-refractivity contribution is -0.00280. The smallest absolute Gasteiger partial charge is 0.131 e. The highest BCUT2D eigenvalue weighted by molar-refractivity contribution is 5.91. The average Bonchev–Trinajstić information content (AvgIpc) is 3.32. The molecule has 0 amide bonds. The summed E-state index contributed by atoms with van der Waals surface area (Å²) in [5.41, 5.74) is 19.2. The van der Waals surface area contributed by atoms with E-state index in [9.17, 15) is 10.2 Å². The maximum atomic E-state index is 12.4. The molecule has 0 aliphatic heterocycles. The summed E-state index contributed by atoms with van der Waals surface area (Å²) in [4.78, 5) is 0. The molecule has 5 aromatic rings. The third kappa shape index (κ3) is 9.02. The van der Waals surface area contributed by atoms with Crippen LogP contribution in [-0.2, 0) is 25.7 Å². The summed E-state index contributed by atoms with van der Waals surface area (Å²) < 4.78 is 14.0. The van der Waals surface area contributed by atoms with Gasteiger partial charge in [-0.25, -0.2) is 0 Å². The predicted molar refractivity (Wildman–Crippen MR) is 275 cm³/mol. The quantitative estimate of drug-likeness (QED) is 0.147. The van der Waals surface area contributed by atoms with Gasteiger partial charge in [-0.15, -0.1) is 0 Å². The van der Waals surface area contributed by atoms with Gasteiger partial charge in [0.25, 0.3) is 0 Å². The highest BCUT2D eigenvalue weighted by atomic mass is 16.5. The monoisotopic (exact) mass is 881 g/mol. The van der Waals surface area contributed by atoms with Gasteiger partial charge in [-0.1, -0.05) is 75.4 Å². The fourth-order valence-corrected chi connectivity index (χ4v) is 11.5. The molecule has 4 aliphatic rings. The first-order valence-corrected chi connectivity index (χ1v) is 25.4. The van der Waals surface area contributed by atoms with E-state index in [1.165, 1.54) is 83.9 Å². The first kappa shape index (κ1) is 45.7. The van der Waals surface area contributed by atoms with Crippen molar-refractivity contribution in [2.45, 2.75) is 163 Å². The van der Waals surface area contributed by atoms with Gasteiger partial charge in [0.15, 0.2) is 0 Å². The fourth-order valence-electron chi connectivity index (χ4n) is 11.5. The molecule has 2 N–H and O–H groups in total. The Hall–Kier alpha value is -5.48. The molecule has 1 unspecified atom stereocenters. The molecule has 1 saturated carbocycles. The fraction of sp³-hybridized carbons (Fsp3) is 0.419. The van der Waals surface area contributed by atoms with Crippen LogP contribution in [-0.4, -0.2) is 22.4 Å². The van der Waals surface area contributed by atoms with Crippen LogP contribution >= 0.6 is 0 Å². The zero-order valence-corrected chi connectivity index (χ0v) is 40.7. The zero-order valence-electron chi connectivity index (χ0n) is 40.7. The average molecular weight is 881 g/mol. The molecule has 66 heavy (non-hydrogen) atoms. The number of allylic oxidation sites excluding steroid dienone is 5. The van der Waals surface area contributed by atoms with Crippen LogP contribution in [0.3, 0.4) is 0 Å². The number of rotatable bonds is 10. The summed E-state index contributed by atoms with van der Waals surface area (Å²) in [5.74, 6) is 2.08. The minimum absolute atomic E-state index is 0.274. The number of aromatic hydroxyl groups is 2. The molecule has 4 heteroatoms. The number of fused-ring (bicyclic) bond motifs is 3. The van der Waals surface area contributed by atoms with E-state index in [-0.39, 0.29) is 18.0 Å². The summed E-state index contributed by atoms with van der Waals surface area (Å²) in [5, 5.41) is 24.9. The van der Waals surface area contributed by atoms with E-state index < -0.39 is 5.41 Å². The molecule has 4 aliphatic carbocycles. The Labute approximate surface area is 395 Å². The van der Waals surface area contributed by atoms with E-state index in [0.29, 0.717) is 5.75 Å². The molecule has 9 rings (SSSR count). The Bertz CT molecular complexity index is 2670. The van der Waals surface area contributed by atoms with Crippen LogP contribution in [0.25, 0.3) is 39.0 Å². The zero-order chi connectivity index (χ0) is 46.1. The number of aryl methyl sites for hydroxylation is 4. The number of phenolic OH excluding ortho intramolecular Hbond substituents is 2. The van der Waals surface area contributed by atoms with E-state index in [0.717, 1.165) is 131 Å². The van der Waals surface area contributed by atoms with Gasteiger partial charge >= 0.3 is 0 Å². The van der Waals surface area contributed by atoms with Crippen molar-refractivity contribution in [1.82, 2.24) is 0 Å². The Morgan fingerprint density at radius 2 is 1.02 bits per heavy atom. The highest BCUT2D eigenvalue weighted by Crippen LogP contribution is 2.50. The van der Waals surface area contributed by atoms with E-state index in [1.54, 1.807) is 0 Å². The highest BCUT2D eigenvalue weighted by Gasteiger charge is 2.37.